The third kappa shape index (κ3) is 5.42. The zero-order chi connectivity index (χ0) is 17.5. The van der Waals surface area contributed by atoms with Gasteiger partial charge in [-0.1, -0.05) is 24.4 Å². The summed E-state index contributed by atoms with van der Waals surface area (Å²) in [4.78, 5) is 18.3. The van der Waals surface area contributed by atoms with Crippen LogP contribution < -0.4 is 5.32 Å². The standard InChI is InChI=1S/C18H30N4O3/c1-22(11-5-9-15-10-6-12-24-15)18(23)19-13-16-20-17(21-25-16)14-7-3-2-4-8-14/h14-15H,2-13H2,1H3,(H,19,23)/t15-/m0/s1. The summed E-state index contributed by atoms with van der Waals surface area (Å²) in [6, 6.07) is -0.107. The Labute approximate surface area is 149 Å². The van der Waals surface area contributed by atoms with E-state index >= 15 is 0 Å². The highest BCUT2D eigenvalue weighted by atomic mass is 16.5. The van der Waals surface area contributed by atoms with E-state index in [0.717, 1.165) is 57.5 Å². The predicted molar refractivity (Wildman–Crippen MR) is 93.2 cm³/mol. The Morgan fingerprint density at radius 2 is 2.08 bits per heavy atom. The molecule has 1 atom stereocenters. The van der Waals surface area contributed by atoms with Crippen molar-refractivity contribution in [2.45, 2.75) is 76.4 Å². The lowest BCUT2D eigenvalue weighted by molar-refractivity contribution is 0.100. The molecule has 25 heavy (non-hydrogen) atoms. The predicted octanol–water partition coefficient (Wildman–Crippen LogP) is 3.22. The van der Waals surface area contributed by atoms with Gasteiger partial charge >= 0.3 is 6.03 Å². The summed E-state index contributed by atoms with van der Waals surface area (Å²) in [6.07, 6.45) is 10.7. The number of rotatable bonds is 7. The van der Waals surface area contributed by atoms with Gasteiger partial charge in [0.1, 0.15) is 0 Å². The molecule has 2 fully saturated rings. The van der Waals surface area contributed by atoms with Gasteiger partial charge in [-0.05, 0) is 38.5 Å². The molecule has 0 unspecified atom stereocenters. The molecule has 2 amide bonds. The molecule has 0 aromatic carbocycles. The molecule has 1 N–H and O–H groups in total. The summed E-state index contributed by atoms with van der Waals surface area (Å²) in [5.74, 6) is 1.71. The Balaban J connectivity index is 1.35. The molecule has 1 aromatic rings. The van der Waals surface area contributed by atoms with Gasteiger partial charge < -0.3 is 19.5 Å². The molecule has 140 valence electrons. The first-order chi connectivity index (χ1) is 12.2. The number of hydrogen-bond acceptors (Lipinski definition) is 5. The number of aromatic nitrogens is 2. The monoisotopic (exact) mass is 350 g/mol. The van der Waals surface area contributed by atoms with Crippen LogP contribution in [0.2, 0.25) is 0 Å². The van der Waals surface area contributed by atoms with Crippen molar-refractivity contribution in [3.8, 4) is 0 Å². The number of carbonyl (C=O) groups is 1. The maximum Gasteiger partial charge on any atom is 0.317 e. The minimum atomic E-state index is -0.107. The molecule has 1 saturated heterocycles. The summed E-state index contributed by atoms with van der Waals surface area (Å²) in [7, 11) is 1.81. The second-order valence-corrected chi connectivity index (χ2v) is 7.24. The molecular weight excluding hydrogens is 320 g/mol. The fourth-order valence-corrected chi connectivity index (χ4v) is 3.68. The van der Waals surface area contributed by atoms with Crippen LogP contribution in [0.5, 0.6) is 0 Å². The summed E-state index contributed by atoms with van der Waals surface area (Å²) >= 11 is 0. The molecule has 0 radical (unpaired) electrons. The molecule has 7 nitrogen and oxygen atoms in total. The lowest BCUT2D eigenvalue weighted by atomic mass is 9.89. The highest BCUT2D eigenvalue weighted by molar-refractivity contribution is 5.73. The Bertz CT molecular complexity index is 536. The van der Waals surface area contributed by atoms with Crippen molar-refractivity contribution in [3.63, 3.8) is 0 Å². The molecule has 1 aliphatic carbocycles. The van der Waals surface area contributed by atoms with Crippen LogP contribution in [-0.4, -0.2) is 47.4 Å². The minimum absolute atomic E-state index is 0.107. The third-order valence-electron chi connectivity index (χ3n) is 5.24. The number of amides is 2. The van der Waals surface area contributed by atoms with Crippen LogP contribution in [0.15, 0.2) is 4.52 Å². The molecular formula is C18H30N4O3. The summed E-state index contributed by atoms with van der Waals surface area (Å²) in [5.41, 5.74) is 0. The van der Waals surface area contributed by atoms with Gasteiger partial charge in [-0.3, -0.25) is 0 Å². The zero-order valence-electron chi connectivity index (χ0n) is 15.2. The van der Waals surface area contributed by atoms with Gasteiger partial charge in [0.2, 0.25) is 5.89 Å². The van der Waals surface area contributed by atoms with E-state index in [1.54, 1.807) is 4.90 Å². The van der Waals surface area contributed by atoms with E-state index in [-0.39, 0.29) is 12.6 Å². The summed E-state index contributed by atoms with van der Waals surface area (Å²) in [6.45, 7) is 1.89. The van der Waals surface area contributed by atoms with Crippen molar-refractivity contribution in [3.05, 3.63) is 11.7 Å². The zero-order valence-corrected chi connectivity index (χ0v) is 15.2. The van der Waals surface area contributed by atoms with Gasteiger partial charge in [-0.15, -0.1) is 0 Å². The first-order valence-corrected chi connectivity index (χ1v) is 9.65. The first kappa shape index (κ1) is 18.2. The van der Waals surface area contributed by atoms with Gasteiger partial charge in [-0.2, -0.15) is 4.98 Å². The van der Waals surface area contributed by atoms with Crippen molar-refractivity contribution in [1.29, 1.82) is 0 Å². The SMILES string of the molecule is CN(CCC[C@H]1CCCO1)C(=O)NCc1nc(C2CCCCC2)no1. The van der Waals surface area contributed by atoms with Crippen LogP contribution in [-0.2, 0) is 11.3 Å². The lowest BCUT2D eigenvalue weighted by Gasteiger charge is -2.18. The Morgan fingerprint density at radius 1 is 1.24 bits per heavy atom. The average molecular weight is 350 g/mol. The summed E-state index contributed by atoms with van der Waals surface area (Å²) < 4.78 is 10.9. The van der Waals surface area contributed by atoms with E-state index < -0.39 is 0 Å². The van der Waals surface area contributed by atoms with Gasteiger partial charge in [0.05, 0.1) is 12.6 Å². The number of carbonyl (C=O) groups excluding carboxylic acids is 1. The molecule has 3 rings (SSSR count). The van der Waals surface area contributed by atoms with E-state index in [0.29, 0.717) is 17.9 Å². The van der Waals surface area contributed by atoms with Crippen LogP contribution in [0.1, 0.15) is 75.4 Å². The van der Waals surface area contributed by atoms with Crippen LogP contribution in [0.25, 0.3) is 0 Å². The number of urea groups is 1. The molecule has 1 aliphatic heterocycles. The number of hydrogen-bond donors (Lipinski definition) is 1. The lowest BCUT2D eigenvalue weighted by Crippen LogP contribution is -2.37. The van der Waals surface area contributed by atoms with E-state index in [9.17, 15) is 4.79 Å². The van der Waals surface area contributed by atoms with Crippen LogP contribution in [0, 0.1) is 0 Å². The molecule has 2 heterocycles. The van der Waals surface area contributed by atoms with E-state index in [2.05, 4.69) is 15.5 Å². The molecule has 0 spiro atoms. The van der Waals surface area contributed by atoms with Crippen molar-refractivity contribution < 1.29 is 14.1 Å². The number of ether oxygens (including phenoxy) is 1. The van der Waals surface area contributed by atoms with Crippen LogP contribution in [0.4, 0.5) is 4.79 Å². The fourth-order valence-electron chi connectivity index (χ4n) is 3.68. The molecule has 1 saturated carbocycles. The highest BCUT2D eigenvalue weighted by Gasteiger charge is 2.21. The van der Waals surface area contributed by atoms with Gasteiger partial charge in [0, 0.05) is 26.1 Å². The Hall–Kier alpha value is -1.63. The van der Waals surface area contributed by atoms with Crippen LogP contribution in [0.3, 0.4) is 0 Å². The first-order valence-electron chi connectivity index (χ1n) is 9.65. The van der Waals surface area contributed by atoms with Crippen molar-refractivity contribution in [2.75, 3.05) is 20.2 Å². The fraction of sp³-hybridized carbons (Fsp3) is 0.833. The van der Waals surface area contributed by atoms with Crippen molar-refractivity contribution in [2.24, 2.45) is 0 Å². The van der Waals surface area contributed by atoms with Crippen molar-refractivity contribution >= 4 is 6.03 Å². The molecule has 2 aliphatic rings. The van der Waals surface area contributed by atoms with E-state index in [4.69, 9.17) is 9.26 Å². The van der Waals surface area contributed by atoms with Crippen molar-refractivity contribution in [1.82, 2.24) is 20.4 Å². The molecule has 1 aromatic heterocycles. The number of nitrogens with one attached hydrogen (secondary N) is 1. The number of nitrogens with zero attached hydrogens (tertiary/aromatic N) is 3. The average Bonchev–Trinajstić information content (AvgIpc) is 3.32. The molecule has 0 bridgehead atoms. The topological polar surface area (TPSA) is 80.5 Å². The van der Waals surface area contributed by atoms with E-state index in [1.807, 2.05) is 7.05 Å². The van der Waals surface area contributed by atoms with Gasteiger partial charge in [0.25, 0.3) is 0 Å². The van der Waals surface area contributed by atoms with Crippen LogP contribution >= 0.6 is 0 Å². The largest absolute Gasteiger partial charge is 0.378 e. The minimum Gasteiger partial charge on any atom is -0.378 e. The summed E-state index contributed by atoms with van der Waals surface area (Å²) in [5, 5.41) is 6.94. The maximum atomic E-state index is 12.1. The second kappa shape index (κ2) is 9.17. The quantitative estimate of drug-likeness (QED) is 0.816. The Kier molecular flexibility index (Phi) is 6.67. The molecule has 7 heteroatoms. The smallest absolute Gasteiger partial charge is 0.317 e. The van der Waals surface area contributed by atoms with Gasteiger partial charge in [-0.25, -0.2) is 4.79 Å². The second-order valence-electron chi connectivity index (χ2n) is 7.24. The van der Waals surface area contributed by atoms with Gasteiger partial charge in [0.15, 0.2) is 5.82 Å². The van der Waals surface area contributed by atoms with E-state index in [1.165, 1.54) is 19.3 Å². The highest BCUT2D eigenvalue weighted by Crippen LogP contribution is 2.30. The maximum absolute atomic E-state index is 12.1. The third-order valence-corrected chi connectivity index (χ3v) is 5.24. The normalized spacial score (nSPS) is 21.4. The Morgan fingerprint density at radius 3 is 2.84 bits per heavy atom.